The van der Waals surface area contributed by atoms with Gasteiger partial charge in [0, 0.05) is 13.1 Å². The van der Waals surface area contributed by atoms with Crippen LogP contribution in [0.1, 0.15) is 65.0 Å². The molecule has 0 radical (unpaired) electrons. The zero-order valence-electron chi connectivity index (χ0n) is 22.5. The Morgan fingerprint density at radius 1 is 0.972 bits per heavy atom. The molecular weight excluding hydrogens is 474 g/mol. The number of hydrogen-bond donors (Lipinski definition) is 1. The molecule has 0 aliphatic rings. The highest BCUT2D eigenvalue weighted by Gasteiger charge is 2.31. The van der Waals surface area contributed by atoms with E-state index in [2.05, 4.69) is 26.1 Å². The van der Waals surface area contributed by atoms with Gasteiger partial charge < -0.3 is 10.2 Å². The van der Waals surface area contributed by atoms with E-state index < -0.39 is 22.0 Å². The molecule has 0 heterocycles. The molecule has 0 unspecified atom stereocenters. The van der Waals surface area contributed by atoms with E-state index in [1.165, 1.54) is 4.90 Å². The summed E-state index contributed by atoms with van der Waals surface area (Å²) in [6.45, 7) is 10.5. The van der Waals surface area contributed by atoms with Crippen molar-refractivity contribution in [1.82, 2.24) is 10.2 Å². The topological polar surface area (TPSA) is 86.8 Å². The first-order valence-electron chi connectivity index (χ1n) is 12.6. The molecule has 0 fully saturated rings. The number of nitrogens with zero attached hydrogens (tertiary/aromatic N) is 2. The van der Waals surface area contributed by atoms with Crippen molar-refractivity contribution in [3.63, 3.8) is 0 Å². The van der Waals surface area contributed by atoms with Crippen molar-refractivity contribution in [2.45, 2.75) is 71.9 Å². The molecular formula is C28H41N3O4S. The second kappa shape index (κ2) is 12.9. The fourth-order valence-electron chi connectivity index (χ4n) is 3.95. The minimum Gasteiger partial charge on any atom is -0.354 e. The van der Waals surface area contributed by atoms with E-state index in [-0.39, 0.29) is 24.4 Å². The van der Waals surface area contributed by atoms with Crippen LogP contribution in [0.15, 0.2) is 54.6 Å². The predicted octanol–water partition coefficient (Wildman–Crippen LogP) is 4.47. The monoisotopic (exact) mass is 515 g/mol. The second-order valence-electron chi connectivity index (χ2n) is 10.1. The lowest BCUT2D eigenvalue weighted by Crippen LogP contribution is -2.52. The molecule has 0 aliphatic heterocycles. The molecule has 0 spiro atoms. The molecule has 0 bridgehead atoms. The standard InChI is InChI=1S/C28H41N3O4S/c1-7-9-19-29-27(33)25(8-2)30(20-22-13-11-10-12-14-22)26(32)21-31(36(6,34)35)24-17-15-23(16-18-24)28(3,4)5/h10-18,25H,7-9,19-21H2,1-6H3,(H,29,33)/t25-/m1/s1. The Balaban J connectivity index is 2.38. The molecule has 2 amide bonds. The Morgan fingerprint density at radius 3 is 2.08 bits per heavy atom. The van der Waals surface area contributed by atoms with Gasteiger partial charge in [-0.05, 0) is 41.5 Å². The number of amides is 2. The lowest BCUT2D eigenvalue weighted by Gasteiger charge is -2.33. The molecule has 0 saturated heterocycles. The summed E-state index contributed by atoms with van der Waals surface area (Å²) in [6, 6.07) is 15.9. The molecule has 1 atom stereocenters. The summed E-state index contributed by atoms with van der Waals surface area (Å²) in [5.41, 5.74) is 2.26. The lowest BCUT2D eigenvalue weighted by molar-refractivity contribution is -0.140. The normalized spacial score (nSPS) is 12.6. The van der Waals surface area contributed by atoms with Gasteiger partial charge in [0.2, 0.25) is 21.8 Å². The van der Waals surface area contributed by atoms with Crippen molar-refractivity contribution in [2.24, 2.45) is 0 Å². The van der Waals surface area contributed by atoms with Gasteiger partial charge >= 0.3 is 0 Å². The van der Waals surface area contributed by atoms with E-state index >= 15 is 0 Å². The number of anilines is 1. The van der Waals surface area contributed by atoms with Crippen molar-refractivity contribution < 1.29 is 18.0 Å². The number of benzene rings is 2. The first kappa shape index (κ1) is 29.4. The van der Waals surface area contributed by atoms with Crippen LogP contribution in [0, 0.1) is 0 Å². The van der Waals surface area contributed by atoms with E-state index in [1.807, 2.05) is 56.3 Å². The third-order valence-corrected chi connectivity index (χ3v) is 7.25. The second-order valence-corrected chi connectivity index (χ2v) is 12.0. The first-order chi connectivity index (χ1) is 16.9. The van der Waals surface area contributed by atoms with E-state index in [0.717, 1.165) is 34.5 Å². The summed E-state index contributed by atoms with van der Waals surface area (Å²) in [5.74, 6) is -0.655. The van der Waals surface area contributed by atoms with Crippen LogP contribution in [0.5, 0.6) is 0 Å². The number of hydrogen-bond acceptors (Lipinski definition) is 4. The summed E-state index contributed by atoms with van der Waals surface area (Å²) < 4.78 is 26.6. The Hall–Kier alpha value is -2.87. The molecule has 2 aromatic rings. The van der Waals surface area contributed by atoms with E-state index in [4.69, 9.17) is 0 Å². The number of rotatable bonds is 12. The molecule has 0 aliphatic carbocycles. The van der Waals surface area contributed by atoms with Crippen molar-refractivity contribution >= 4 is 27.5 Å². The summed E-state index contributed by atoms with van der Waals surface area (Å²) in [4.78, 5) is 28.2. The SMILES string of the molecule is CCCCNC(=O)[C@@H](CC)N(Cc1ccccc1)C(=O)CN(c1ccc(C(C)(C)C)cc1)S(C)(=O)=O. The van der Waals surface area contributed by atoms with Crippen LogP contribution in [0.4, 0.5) is 5.69 Å². The predicted molar refractivity (Wildman–Crippen MR) is 146 cm³/mol. The third kappa shape index (κ3) is 8.36. The van der Waals surface area contributed by atoms with E-state index in [1.54, 1.807) is 12.1 Å². The quantitative estimate of drug-likeness (QED) is 0.423. The first-order valence-corrected chi connectivity index (χ1v) is 14.4. The molecule has 198 valence electrons. The van der Waals surface area contributed by atoms with Crippen molar-refractivity contribution in [2.75, 3.05) is 23.7 Å². The Morgan fingerprint density at radius 2 is 1.58 bits per heavy atom. The van der Waals surface area contributed by atoms with Crippen molar-refractivity contribution in [3.05, 3.63) is 65.7 Å². The molecule has 2 aromatic carbocycles. The van der Waals surface area contributed by atoms with Gasteiger partial charge in [0.15, 0.2) is 0 Å². The van der Waals surface area contributed by atoms with Crippen LogP contribution in [0.2, 0.25) is 0 Å². The van der Waals surface area contributed by atoms with Crippen LogP contribution >= 0.6 is 0 Å². The summed E-state index contributed by atoms with van der Waals surface area (Å²) in [6.07, 6.45) is 3.30. The average molecular weight is 516 g/mol. The van der Waals surface area contributed by atoms with E-state index in [9.17, 15) is 18.0 Å². The van der Waals surface area contributed by atoms with Gasteiger partial charge in [-0.15, -0.1) is 0 Å². The maximum atomic E-state index is 13.7. The number of unbranched alkanes of at least 4 members (excludes halogenated alkanes) is 1. The fraction of sp³-hybridized carbons (Fsp3) is 0.500. The average Bonchev–Trinajstić information content (AvgIpc) is 2.82. The third-order valence-electron chi connectivity index (χ3n) is 6.11. The molecule has 8 heteroatoms. The number of carbonyl (C=O) groups excluding carboxylic acids is 2. The highest BCUT2D eigenvalue weighted by molar-refractivity contribution is 7.92. The maximum Gasteiger partial charge on any atom is 0.244 e. The van der Waals surface area contributed by atoms with Crippen LogP contribution in [-0.4, -0.2) is 50.5 Å². The van der Waals surface area contributed by atoms with Crippen molar-refractivity contribution in [3.8, 4) is 0 Å². The summed E-state index contributed by atoms with van der Waals surface area (Å²) in [5, 5.41) is 2.93. The molecule has 1 N–H and O–H groups in total. The number of sulfonamides is 1. The molecule has 0 saturated carbocycles. The largest absolute Gasteiger partial charge is 0.354 e. The minimum atomic E-state index is -3.75. The smallest absolute Gasteiger partial charge is 0.244 e. The Labute approximate surface area is 216 Å². The minimum absolute atomic E-state index is 0.0871. The molecule has 7 nitrogen and oxygen atoms in total. The molecule has 0 aromatic heterocycles. The van der Waals surface area contributed by atoms with Crippen LogP contribution in [0.3, 0.4) is 0 Å². The van der Waals surface area contributed by atoms with Gasteiger partial charge in [0.1, 0.15) is 12.6 Å². The summed E-state index contributed by atoms with van der Waals surface area (Å²) >= 11 is 0. The van der Waals surface area contributed by atoms with Gasteiger partial charge in [-0.3, -0.25) is 13.9 Å². The highest BCUT2D eigenvalue weighted by Crippen LogP contribution is 2.26. The zero-order chi connectivity index (χ0) is 26.9. The lowest BCUT2D eigenvalue weighted by atomic mass is 9.87. The number of carbonyl (C=O) groups is 2. The van der Waals surface area contributed by atoms with Crippen LogP contribution in [-0.2, 0) is 31.6 Å². The van der Waals surface area contributed by atoms with Gasteiger partial charge in [0.05, 0.1) is 11.9 Å². The fourth-order valence-corrected chi connectivity index (χ4v) is 4.80. The highest BCUT2D eigenvalue weighted by atomic mass is 32.2. The van der Waals surface area contributed by atoms with Gasteiger partial charge in [-0.2, -0.15) is 0 Å². The Bertz CT molecular complexity index is 1090. The van der Waals surface area contributed by atoms with Gasteiger partial charge in [-0.1, -0.05) is 83.5 Å². The van der Waals surface area contributed by atoms with Gasteiger partial charge in [-0.25, -0.2) is 8.42 Å². The molecule has 2 rings (SSSR count). The summed E-state index contributed by atoms with van der Waals surface area (Å²) in [7, 11) is -3.75. The Kier molecular flexibility index (Phi) is 10.5. The van der Waals surface area contributed by atoms with E-state index in [0.29, 0.717) is 18.7 Å². The van der Waals surface area contributed by atoms with Crippen LogP contribution in [0.25, 0.3) is 0 Å². The van der Waals surface area contributed by atoms with Crippen LogP contribution < -0.4 is 9.62 Å². The van der Waals surface area contributed by atoms with Crippen molar-refractivity contribution in [1.29, 1.82) is 0 Å². The zero-order valence-corrected chi connectivity index (χ0v) is 23.3. The van der Waals surface area contributed by atoms with Gasteiger partial charge in [0.25, 0.3) is 0 Å². The molecule has 36 heavy (non-hydrogen) atoms. The number of nitrogens with one attached hydrogen (secondary N) is 1. The maximum absolute atomic E-state index is 13.7.